The van der Waals surface area contributed by atoms with Crippen molar-refractivity contribution < 1.29 is 23.8 Å². The number of pyridine rings is 1. The monoisotopic (exact) mass is 779 g/mol. The van der Waals surface area contributed by atoms with Crippen LogP contribution in [0.3, 0.4) is 0 Å². The second-order valence-corrected chi connectivity index (χ2v) is 15.1. The highest BCUT2D eigenvalue weighted by Gasteiger charge is 2.30. The first kappa shape index (κ1) is 40.2. The van der Waals surface area contributed by atoms with Crippen LogP contribution in [0, 0.1) is 25.2 Å². The van der Waals surface area contributed by atoms with Crippen LogP contribution in [-0.4, -0.2) is 103 Å². The fraction of sp³-hybridized carbons (Fsp3) is 0.405. The van der Waals surface area contributed by atoms with Gasteiger partial charge in [0.1, 0.15) is 40.5 Å². The summed E-state index contributed by atoms with van der Waals surface area (Å²) >= 11 is 1.38. The number of carbonyl (C=O) groups is 2. The van der Waals surface area contributed by atoms with E-state index in [-0.39, 0.29) is 29.0 Å². The molecule has 294 valence electrons. The molecule has 4 heterocycles. The normalized spacial score (nSPS) is 16.2. The number of carbonyl (C=O) groups excluding carboxylic acids is 2. The van der Waals surface area contributed by atoms with Crippen LogP contribution < -0.4 is 25.1 Å². The van der Waals surface area contributed by atoms with Crippen LogP contribution in [0.1, 0.15) is 45.8 Å². The number of ether oxygens (including phenoxy) is 3. The number of thiazole rings is 1. The first-order valence-electron chi connectivity index (χ1n) is 18.7. The highest BCUT2D eigenvalue weighted by atomic mass is 32.1. The van der Waals surface area contributed by atoms with Gasteiger partial charge in [0, 0.05) is 75.2 Å². The van der Waals surface area contributed by atoms with Gasteiger partial charge in [-0.3, -0.25) is 24.2 Å². The van der Waals surface area contributed by atoms with Crippen molar-refractivity contribution >= 4 is 29.2 Å². The zero-order valence-corrected chi connectivity index (χ0v) is 33.7. The Kier molecular flexibility index (Phi) is 12.9. The number of methoxy groups -OCH3 is 2. The third kappa shape index (κ3) is 8.97. The van der Waals surface area contributed by atoms with Crippen LogP contribution in [0.5, 0.6) is 17.2 Å². The van der Waals surface area contributed by atoms with Crippen molar-refractivity contribution in [2.75, 3.05) is 66.6 Å². The van der Waals surface area contributed by atoms with E-state index in [4.69, 9.17) is 14.2 Å². The number of aromatic nitrogens is 2. The van der Waals surface area contributed by atoms with Gasteiger partial charge in [0.25, 0.3) is 11.5 Å². The molecule has 0 bridgehead atoms. The lowest BCUT2D eigenvalue weighted by Crippen LogP contribution is -2.49. The van der Waals surface area contributed by atoms with Gasteiger partial charge in [0.05, 0.1) is 38.9 Å². The van der Waals surface area contributed by atoms with Crippen LogP contribution in [0.15, 0.2) is 58.5 Å². The van der Waals surface area contributed by atoms with Crippen molar-refractivity contribution in [3.05, 3.63) is 96.9 Å². The number of nitrogens with one attached hydrogen (secondary N) is 1. The van der Waals surface area contributed by atoms with Gasteiger partial charge >= 0.3 is 0 Å². The number of rotatable bonds is 13. The Hall–Kier alpha value is -5.49. The van der Waals surface area contributed by atoms with Crippen molar-refractivity contribution in [2.24, 2.45) is 7.05 Å². The van der Waals surface area contributed by atoms with E-state index < -0.39 is 0 Å². The van der Waals surface area contributed by atoms with E-state index in [0.29, 0.717) is 55.5 Å². The van der Waals surface area contributed by atoms with E-state index in [2.05, 4.69) is 20.1 Å². The van der Waals surface area contributed by atoms with Crippen LogP contribution in [0.2, 0.25) is 0 Å². The van der Waals surface area contributed by atoms with Gasteiger partial charge in [-0.15, -0.1) is 11.3 Å². The Morgan fingerprint density at radius 3 is 2.41 bits per heavy atom. The van der Waals surface area contributed by atoms with Gasteiger partial charge in [0.15, 0.2) is 0 Å². The predicted octanol–water partition coefficient (Wildman–Crippen LogP) is 4.51. The maximum Gasteiger partial charge on any atom is 0.265 e. The molecule has 2 aliphatic heterocycles. The smallest absolute Gasteiger partial charge is 0.265 e. The third-order valence-corrected chi connectivity index (χ3v) is 11.5. The molecule has 1 atom stereocenters. The molecule has 2 aliphatic rings. The molecule has 6 rings (SSSR count). The number of hydrogen-bond acceptors (Lipinski definition) is 11. The Morgan fingerprint density at radius 1 is 1.04 bits per heavy atom. The van der Waals surface area contributed by atoms with Crippen molar-refractivity contribution in [3.8, 4) is 34.4 Å². The zero-order chi connectivity index (χ0) is 39.9. The van der Waals surface area contributed by atoms with E-state index in [1.165, 1.54) is 11.3 Å². The summed E-state index contributed by atoms with van der Waals surface area (Å²) in [5.41, 5.74) is 6.65. The molecule has 0 saturated carbocycles. The number of aryl methyl sites for hydroxylation is 1. The van der Waals surface area contributed by atoms with Gasteiger partial charge in [-0.25, -0.2) is 4.98 Å². The van der Waals surface area contributed by atoms with Crippen LogP contribution in [0.4, 0.5) is 0 Å². The molecule has 1 N–H and O–H groups in total. The van der Waals surface area contributed by atoms with Crippen LogP contribution in [-0.2, 0) is 29.6 Å². The molecule has 56 heavy (non-hydrogen) atoms. The van der Waals surface area contributed by atoms with Crippen molar-refractivity contribution in [1.29, 1.82) is 5.26 Å². The molecule has 0 radical (unpaired) electrons. The van der Waals surface area contributed by atoms with Crippen molar-refractivity contribution in [3.63, 3.8) is 0 Å². The number of amides is 2. The summed E-state index contributed by atoms with van der Waals surface area (Å²) in [6.07, 6.45) is 5.72. The summed E-state index contributed by atoms with van der Waals surface area (Å²) in [6, 6.07) is 11.7. The standard InChI is InChI=1S/C42H49N7O6S/c1-27-28(2)41(51)46(4)24-35(27)31-19-37(53-5)36(38(20-31)54-6)25-47-13-15-48(16-14-47)26-39(50)44-10-17-55-33-8-7-30-9-12-49(29(3)34(30)22-33)42(52)32(23-43)21-40-45-11-18-56-40/h7-8,11,18-22,24,29H,9-10,12-17,25-26H2,1-6H3,(H,44,50)/b32-21-. The van der Waals surface area contributed by atoms with E-state index in [1.807, 2.05) is 63.4 Å². The highest BCUT2D eigenvalue weighted by Crippen LogP contribution is 2.37. The predicted molar refractivity (Wildman–Crippen MR) is 216 cm³/mol. The number of hydrogen-bond donors (Lipinski definition) is 1. The van der Waals surface area contributed by atoms with Crippen LogP contribution >= 0.6 is 11.3 Å². The molecule has 4 aromatic rings. The number of fused-ring (bicyclic) bond motifs is 1. The SMILES string of the molecule is COc1cc(-c2cn(C)c(=O)c(C)c2C)cc(OC)c1CN1CCN(CC(=O)NCCOc2ccc3c(c2)C(C)N(C(=O)/C(C#N)=C\c2nccs2)CC3)CC1. The number of benzene rings is 2. The first-order chi connectivity index (χ1) is 27.0. The molecule has 2 aromatic carbocycles. The maximum atomic E-state index is 13.3. The molecule has 13 nitrogen and oxygen atoms in total. The molecular weight excluding hydrogens is 731 g/mol. The topological polar surface area (TPSA) is 142 Å². The van der Waals surface area contributed by atoms with Gasteiger partial charge in [0.2, 0.25) is 5.91 Å². The largest absolute Gasteiger partial charge is 0.496 e. The zero-order valence-electron chi connectivity index (χ0n) is 32.9. The van der Waals surface area contributed by atoms with Crippen molar-refractivity contribution in [1.82, 2.24) is 29.6 Å². The molecule has 1 unspecified atom stereocenters. The average molecular weight is 780 g/mol. The van der Waals surface area contributed by atoms with E-state index in [0.717, 1.165) is 71.1 Å². The summed E-state index contributed by atoms with van der Waals surface area (Å²) in [5.74, 6) is 1.74. The van der Waals surface area contributed by atoms with Gasteiger partial charge < -0.3 is 29.0 Å². The fourth-order valence-electron chi connectivity index (χ4n) is 7.39. The second-order valence-electron chi connectivity index (χ2n) is 14.1. The Balaban J connectivity index is 0.968. The Labute approximate surface area is 331 Å². The molecule has 14 heteroatoms. The van der Waals surface area contributed by atoms with E-state index in [9.17, 15) is 19.6 Å². The first-order valence-corrected chi connectivity index (χ1v) is 19.6. The van der Waals surface area contributed by atoms with Gasteiger partial charge in [-0.1, -0.05) is 6.07 Å². The molecular formula is C42H49N7O6S. The van der Waals surface area contributed by atoms with E-state index >= 15 is 0 Å². The average Bonchev–Trinajstić information content (AvgIpc) is 3.73. The highest BCUT2D eigenvalue weighted by molar-refractivity contribution is 7.10. The summed E-state index contributed by atoms with van der Waals surface area (Å²) in [6.45, 7) is 10.9. The minimum Gasteiger partial charge on any atom is -0.496 e. The molecule has 2 amide bonds. The molecule has 0 aliphatic carbocycles. The lowest BCUT2D eigenvalue weighted by Gasteiger charge is -2.35. The Morgan fingerprint density at radius 2 is 1.75 bits per heavy atom. The lowest BCUT2D eigenvalue weighted by molar-refractivity contribution is -0.129. The van der Waals surface area contributed by atoms with Gasteiger partial charge in [-0.2, -0.15) is 5.26 Å². The fourth-order valence-corrected chi connectivity index (χ4v) is 7.96. The van der Waals surface area contributed by atoms with Gasteiger partial charge in [-0.05, 0) is 79.8 Å². The minimum atomic E-state index is -0.313. The van der Waals surface area contributed by atoms with E-state index in [1.54, 1.807) is 48.4 Å². The molecule has 1 fully saturated rings. The summed E-state index contributed by atoms with van der Waals surface area (Å²) in [7, 11) is 5.08. The quantitative estimate of drug-likeness (QED) is 0.117. The van der Waals surface area contributed by atoms with Crippen molar-refractivity contribution in [2.45, 2.75) is 39.8 Å². The third-order valence-electron chi connectivity index (χ3n) is 10.7. The Bertz CT molecular complexity index is 2180. The summed E-state index contributed by atoms with van der Waals surface area (Å²) < 4.78 is 19.3. The number of nitrogens with zero attached hydrogens (tertiary/aromatic N) is 6. The molecule has 1 saturated heterocycles. The number of piperazine rings is 1. The lowest BCUT2D eigenvalue weighted by atomic mass is 9.92. The second kappa shape index (κ2) is 18.0. The number of nitriles is 1. The maximum absolute atomic E-state index is 13.3. The minimum absolute atomic E-state index is 0.0111. The molecule has 0 spiro atoms. The summed E-state index contributed by atoms with van der Waals surface area (Å²) in [5, 5.41) is 15.1. The molecule has 2 aromatic heterocycles. The van der Waals surface area contributed by atoms with Crippen LogP contribution in [0.25, 0.3) is 17.2 Å². The summed E-state index contributed by atoms with van der Waals surface area (Å²) in [4.78, 5) is 49.0.